The largest absolute Gasteiger partial charge is 0.449 e. The molecule has 3 aromatic rings. The molecule has 0 radical (unpaired) electrons. The molecule has 0 fully saturated rings. The zero-order valence-electron chi connectivity index (χ0n) is 12.2. The van der Waals surface area contributed by atoms with Gasteiger partial charge in [-0.05, 0) is 37.3 Å². The van der Waals surface area contributed by atoms with Crippen molar-refractivity contribution in [2.75, 3.05) is 5.32 Å². The van der Waals surface area contributed by atoms with E-state index in [-0.39, 0.29) is 16.5 Å². The fourth-order valence-electron chi connectivity index (χ4n) is 2.12. The van der Waals surface area contributed by atoms with Crippen LogP contribution in [0.3, 0.4) is 0 Å². The van der Waals surface area contributed by atoms with Crippen molar-refractivity contribution >= 4 is 34.3 Å². The third-order valence-electron chi connectivity index (χ3n) is 3.28. The monoisotopic (exact) mass is 354 g/mol. The second-order valence-corrected chi connectivity index (χ2v) is 5.50. The van der Waals surface area contributed by atoms with Gasteiger partial charge in [0.2, 0.25) is 0 Å². The molecule has 2 aromatic heterocycles. The van der Waals surface area contributed by atoms with Crippen LogP contribution in [0.4, 0.5) is 18.9 Å². The minimum atomic E-state index is -4.54. The van der Waals surface area contributed by atoms with Gasteiger partial charge in [-0.25, -0.2) is 4.98 Å². The molecule has 1 aromatic carbocycles. The number of rotatable bonds is 2. The van der Waals surface area contributed by atoms with Crippen LogP contribution >= 0.6 is 11.6 Å². The van der Waals surface area contributed by atoms with Crippen LogP contribution in [-0.2, 0) is 6.18 Å². The summed E-state index contributed by atoms with van der Waals surface area (Å²) in [7, 11) is 0. The van der Waals surface area contributed by atoms with Crippen LogP contribution in [0, 0.1) is 6.92 Å². The van der Waals surface area contributed by atoms with Crippen molar-refractivity contribution in [3.05, 3.63) is 58.4 Å². The van der Waals surface area contributed by atoms with Gasteiger partial charge in [-0.1, -0.05) is 11.6 Å². The number of aryl methyl sites for hydroxylation is 1. The number of fused-ring (bicyclic) bond motifs is 1. The maximum absolute atomic E-state index is 12.8. The average Bonchev–Trinajstić information content (AvgIpc) is 2.91. The maximum atomic E-state index is 12.8. The van der Waals surface area contributed by atoms with E-state index in [2.05, 4.69) is 10.3 Å². The molecule has 3 rings (SSSR count). The molecular weight excluding hydrogens is 345 g/mol. The van der Waals surface area contributed by atoms with Crippen molar-refractivity contribution in [3.8, 4) is 0 Å². The number of anilines is 1. The second-order valence-electron chi connectivity index (χ2n) is 5.09. The van der Waals surface area contributed by atoms with E-state index in [1.165, 1.54) is 6.07 Å². The van der Waals surface area contributed by atoms with E-state index < -0.39 is 17.6 Å². The number of carbonyl (C=O) groups is 1. The van der Waals surface area contributed by atoms with Crippen LogP contribution < -0.4 is 5.32 Å². The summed E-state index contributed by atoms with van der Waals surface area (Å²) < 4.78 is 43.6. The fourth-order valence-corrected chi connectivity index (χ4v) is 2.28. The van der Waals surface area contributed by atoms with Gasteiger partial charge in [0.05, 0.1) is 16.3 Å². The Morgan fingerprint density at radius 3 is 2.67 bits per heavy atom. The summed E-state index contributed by atoms with van der Waals surface area (Å²) >= 11 is 5.85. The maximum Gasteiger partial charge on any atom is 0.416 e. The zero-order chi connectivity index (χ0) is 17.5. The molecule has 0 atom stereocenters. The van der Waals surface area contributed by atoms with E-state index in [9.17, 15) is 18.0 Å². The Bertz CT molecular complexity index is 935. The number of amides is 1. The third-order valence-corrected chi connectivity index (χ3v) is 3.61. The average molecular weight is 355 g/mol. The summed E-state index contributed by atoms with van der Waals surface area (Å²) in [5.41, 5.74) is 0.567. The highest BCUT2D eigenvalue weighted by Crippen LogP contribution is 2.34. The van der Waals surface area contributed by atoms with Gasteiger partial charge in [-0.3, -0.25) is 4.79 Å². The van der Waals surface area contributed by atoms with Crippen molar-refractivity contribution in [3.63, 3.8) is 0 Å². The normalized spacial score (nSPS) is 11.7. The smallest absolute Gasteiger partial charge is 0.416 e. The van der Waals surface area contributed by atoms with E-state index >= 15 is 0 Å². The van der Waals surface area contributed by atoms with Gasteiger partial charge >= 0.3 is 6.18 Å². The number of halogens is 4. The summed E-state index contributed by atoms with van der Waals surface area (Å²) in [6, 6.07) is 7.47. The second kappa shape index (κ2) is 5.83. The highest BCUT2D eigenvalue weighted by atomic mass is 35.5. The lowest BCUT2D eigenvalue weighted by atomic mass is 10.2. The number of aromatic nitrogens is 1. The van der Waals surface area contributed by atoms with E-state index in [1.807, 2.05) is 0 Å². The first-order chi connectivity index (χ1) is 11.2. The SMILES string of the molecule is Cc1ccc2oc(C(=O)Nc3cc(C(F)(F)F)ccc3Cl)cc2n1. The predicted molar refractivity (Wildman–Crippen MR) is 83.2 cm³/mol. The van der Waals surface area contributed by atoms with Gasteiger partial charge in [0.15, 0.2) is 11.3 Å². The lowest BCUT2D eigenvalue weighted by Crippen LogP contribution is -2.13. The van der Waals surface area contributed by atoms with E-state index in [4.69, 9.17) is 16.0 Å². The Hall–Kier alpha value is -2.54. The van der Waals surface area contributed by atoms with Crippen molar-refractivity contribution in [2.45, 2.75) is 13.1 Å². The van der Waals surface area contributed by atoms with Gasteiger partial charge in [0.1, 0.15) is 5.52 Å². The predicted octanol–water partition coefficient (Wildman–Crippen LogP) is 5.06. The number of pyridine rings is 1. The molecule has 0 aliphatic rings. The molecule has 0 saturated heterocycles. The fraction of sp³-hybridized carbons (Fsp3) is 0.125. The van der Waals surface area contributed by atoms with Crippen LogP contribution in [-0.4, -0.2) is 10.9 Å². The molecule has 1 N–H and O–H groups in total. The Morgan fingerprint density at radius 1 is 1.21 bits per heavy atom. The summed E-state index contributed by atoms with van der Waals surface area (Å²) in [6.45, 7) is 1.79. The highest BCUT2D eigenvalue weighted by Gasteiger charge is 2.31. The molecule has 124 valence electrons. The molecule has 1 amide bonds. The molecule has 0 unspecified atom stereocenters. The first-order valence-electron chi connectivity index (χ1n) is 6.79. The number of hydrogen-bond acceptors (Lipinski definition) is 3. The summed E-state index contributed by atoms with van der Waals surface area (Å²) in [6.07, 6.45) is -4.54. The lowest BCUT2D eigenvalue weighted by molar-refractivity contribution is -0.137. The topological polar surface area (TPSA) is 55.1 Å². The van der Waals surface area contributed by atoms with Crippen LogP contribution in [0.1, 0.15) is 21.8 Å². The van der Waals surface area contributed by atoms with Crippen LogP contribution in [0.2, 0.25) is 5.02 Å². The molecule has 0 spiro atoms. The number of nitrogens with zero attached hydrogens (tertiary/aromatic N) is 1. The van der Waals surface area contributed by atoms with Gasteiger partial charge < -0.3 is 9.73 Å². The zero-order valence-corrected chi connectivity index (χ0v) is 13.0. The molecule has 0 bridgehead atoms. The molecule has 0 aliphatic heterocycles. The van der Waals surface area contributed by atoms with Gasteiger partial charge in [0, 0.05) is 11.8 Å². The Morgan fingerprint density at radius 2 is 1.96 bits per heavy atom. The van der Waals surface area contributed by atoms with Crippen LogP contribution in [0.5, 0.6) is 0 Å². The molecular formula is C16H10ClF3N2O2. The van der Waals surface area contributed by atoms with Crippen molar-refractivity contribution in [1.29, 1.82) is 0 Å². The number of hydrogen-bond donors (Lipinski definition) is 1. The van der Waals surface area contributed by atoms with E-state index in [0.29, 0.717) is 11.1 Å². The van der Waals surface area contributed by atoms with Crippen LogP contribution in [0.15, 0.2) is 40.8 Å². The Labute approximate surface area is 139 Å². The Kier molecular flexibility index (Phi) is 3.96. The van der Waals surface area contributed by atoms with Crippen LogP contribution in [0.25, 0.3) is 11.1 Å². The van der Waals surface area contributed by atoms with Crippen molar-refractivity contribution in [2.24, 2.45) is 0 Å². The summed E-state index contributed by atoms with van der Waals surface area (Å²) in [5, 5.41) is 2.31. The quantitative estimate of drug-likeness (QED) is 0.699. The van der Waals surface area contributed by atoms with Crippen molar-refractivity contribution < 1.29 is 22.4 Å². The Balaban J connectivity index is 1.91. The molecule has 4 nitrogen and oxygen atoms in total. The number of nitrogens with one attached hydrogen (secondary N) is 1. The minimum Gasteiger partial charge on any atom is -0.449 e. The number of carbonyl (C=O) groups excluding carboxylic acids is 1. The third kappa shape index (κ3) is 3.21. The van der Waals surface area contributed by atoms with E-state index in [0.717, 1.165) is 23.9 Å². The van der Waals surface area contributed by atoms with Crippen molar-refractivity contribution in [1.82, 2.24) is 4.98 Å². The summed E-state index contributed by atoms with van der Waals surface area (Å²) in [4.78, 5) is 16.4. The molecule has 0 saturated carbocycles. The molecule has 2 heterocycles. The first-order valence-corrected chi connectivity index (χ1v) is 7.17. The van der Waals surface area contributed by atoms with Gasteiger partial charge in [-0.2, -0.15) is 13.2 Å². The van der Waals surface area contributed by atoms with Gasteiger partial charge in [0.25, 0.3) is 5.91 Å². The number of benzene rings is 1. The minimum absolute atomic E-state index is 0.0126. The van der Waals surface area contributed by atoms with Gasteiger partial charge in [-0.15, -0.1) is 0 Å². The number of furan rings is 1. The lowest BCUT2D eigenvalue weighted by Gasteiger charge is -2.10. The molecule has 8 heteroatoms. The highest BCUT2D eigenvalue weighted by molar-refractivity contribution is 6.33. The standard InChI is InChI=1S/C16H10ClF3N2O2/c1-8-2-5-13-12(21-8)7-14(24-13)15(23)22-11-6-9(16(18,19)20)3-4-10(11)17/h2-7H,1H3,(H,22,23). The molecule has 24 heavy (non-hydrogen) atoms. The first kappa shape index (κ1) is 16.3. The molecule has 0 aliphatic carbocycles. The van der Waals surface area contributed by atoms with E-state index in [1.54, 1.807) is 19.1 Å². The number of alkyl halides is 3. The summed E-state index contributed by atoms with van der Waals surface area (Å²) in [5.74, 6) is -0.788.